The highest BCUT2D eigenvalue weighted by atomic mass is 35.5. The van der Waals surface area contributed by atoms with Gasteiger partial charge in [-0.1, -0.05) is 25.4 Å². The van der Waals surface area contributed by atoms with Crippen molar-refractivity contribution < 1.29 is 19.1 Å². The van der Waals surface area contributed by atoms with Gasteiger partial charge >= 0.3 is 7.60 Å². The fraction of sp³-hybridized carbons (Fsp3) is 0.417. The molecule has 0 saturated heterocycles. The number of hydrogen-bond acceptors (Lipinski definition) is 2. The van der Waals surface area contributed by atoms with Crippen LogP contribution in [0, 0.1) is 5.92 Å². The van der Waals surface area contributed by atoms with Crippen molar-refractivity contribution in [3.63, 3.8) is 0 Å². The average molecular weight is 306 g/mol. The van der Waals surface area contributed by atoms with E-state index in [2.05, 4.69) is 5.32 Å². The molecule has 0 bridgehead atoms. The summed E-state index contributed by atoms with van der Waals surface area (Å²) in [5, 5.41) is 3.01. The maximum Gasteiger partial charge on any atom is 0.337 e. The van der Waals surface area contributed by atoms with E-state index in [0.717, 1.165) is 0 Å². The van der Waals surface area contributed by atoms with Crippen LogP contribution in [0.2, 0.25) is 5.02 Å². The summed E-state index contributed by atoms with van der Waals surface area (Å²) in [6.45, 7) is 3.61. The van der Waals surface area contributed by atoms with Crippen LogP contribution in [0.3, 0.4) is 0 Å². The van der Waals surface area contributed by atoms with Gasteiger partial charge in [0.05, 0.1) is 0 Å². The smallest absolute Gasteiger partial charge is 0.325 e. The molecule has 1 unspecified atom stereocenters. The lowest BCUT2D eigenvalue weighted by Gasteiger charge is -2.19. The first-order valence-electron chi connectivity index (χ1n) is 5.82. The molecule has 1 atom stereocenters. The number of carbonyl (C=O) groups is 1. The number of hydrogen-bond donors (Lipinski definition) is 3. The third-order valence-electron chi connectivity index (χ3n) is 2.52. The van der Waals surface area contributed by atoms with Gasteiger partial charge in [0.25, 0.3) is 0 Å². The Morgan fingerprint density at radius 3 is 2.26 bits per heavy atom. The largest absolute Gasteiger partial charge is 0.337 e. The van der Waals surface area contributed by atoms with Crippen molar-refractivity contribution in [2.24, 2.45) is 5.92 Å². The van der Waals surface area contributed by atoms with Crippen LogP contribution in [0.1, 0.15) is 20.3 Å². The minimum atomic E-state index is -4.47. The minimum absolute atomic E-state index is 0.00796. The van der Waals surface area contributed by atoms with E-state index in [0.29, 0.717) is 10.7 Å². The normalized spacial score (nSPS) is 13.4. The van der Waals surface area contributed by atoms with Crippen LogP contribution in [-0.2, 0) is 9.36 Å². The molecule has 1 rings (SSSR count). The molecule has 0 aliphatic rings. The maximum atomic E-state index is 11.9. The van der Waals surface area contributed by atoms with Gasteiger partial charge in [-0.2, -0.15) is 0 Å². The zero-order valence-corrected chi connectivity index (χ0v) is 12.4. The first kappa shape index (κ1) is 16.2. The summed E-state index contributed by atoms with van der Waals surface area (Å²) in [7, 11) is -4.47. The number of halogens is 1. The second-order valence-electron chi connectivity index (χ2n) is 4.73. The van der Waals surface area contributed by atoms with Crippen molar-refractivity contribution in [1.29, 1.82) is 0 Å². The van der Waals surface area contributed by atoms with Crippen LogP contribution in [0.25, 0.3) is 0 Å². The molecule has 1 amide bonds. The van der Waals surface area contributed by atoms with Gasteiger partial charge in [-0.05, 0) is 36.6 Å². The molecular formula is C12H17ClNO4P. The lowest BCUT2D eigenvalue weighted by Crippen LogP contribution is -2.29. The van der Waals surface area contributed by atoms with Crippen LogP contribution >= 0.6 is 19.2 Å². The van der Waals surface area contributed by atoms with Crippen molar-refractivity contribution in [2.75, 3.05) is 5.32 Å². The monoisotopic (exact) mass is 305 g/mol. The number of nitrogens with one attached hydrogen (secondary N) is 1. The summed E-state index contributed by atoms with van der Waals surface area (Å²) in [6.07, 6.45) is 0.129. The van der Waals surface area contributed by atoms with Crippen molar-refractivity contribution in [3.8, 4) is 0 Å². The number of amides is 1. The fourth-order valence-electron chi connectivity index (χ4n) is 1.60. The molecule has 0 spiro atoms. The quantitative estimate of drug-likeness (QED) is 0.730. The Labute approximate surface area is 117 Å². The number of rotatable bonds is 5. The van der Waals surface area contributed by atoms with Gasteiger partial charge in [0.2, 0.25) is 5.91 Å². The van der Waals surface area contributed by atoms with Gasteiger partial charge in [0, 0.05) is 10.7 Å². The standard InChI is InChI=1S/C12H17ClNO4P/c1-8(2)7-11(19(16,17)18)12(15)14-10-5-3-9(13)4-6-10/h3-6,8,11H,7H2,1-2H3,(H,14,15)(H2,16,17,18). The molecule has 0 radical (unpaired) electrons. The molecule has 0 heterocycles. The van der Waals surface area contributed by atoms with Gasteiger partial charge in [0.15, 0.2) is 0 Å². The molecule has 0 aliphatic carbocycles. The van der Waals surface area contributed by atoms with Gasteiger partial charge < -0.3 is 15.1 Å². The average Bonchev–Trinajstić information content (AvgIpc) is 2.27. The maximum absolute atomic E-state index is 11.9. The number of anilines is 1. The van der Waals surface area contributed by atoms with E-state index in [1.54, 1.807) is 38.1 Å². The molecular weight excluding hydrogens is 289 g/mol. The molecule has 5 nitrogen and oxygen atoms in total. The number of benzene rings is 1. The first-order valence-corrected chi connectivity index (χ1v) is 7.87. The van der Waals surface area contributed by atoms with Gasteiger partial charge in [0.1, 0.15) is 5.66 Å². The van der Waals surface area contributed by atoms with E-state index in [1.165, 1.54) is 0 Å². The first-order chi connectivity index (χ1) is 8.70. The third-order valence-corrected chi connectivity index (χ3v) is 4.02. The van der Waals surface area contributed by atoms with E-state index in [9.17, 15) is 19.1 Å². The topological polar surface area (TPSA) is 86.6 Å². The molecule has 7 heteroatoms. The lowest BCUT2D eigenvalue weighted by atomic mass is 10.1. The van der Waals surface area contributed by atoms with E-state index in [4.69, 9.17) is 11.6 Å². The van der Waals surface area contributed by atoms with Crippen LogP contribution in [0.4, 0.5) is 5.69 Å². The Hall–Kier alpha value is -0.870. The van der Waals surface area contributed by atoms with Crippen LogP contribution in [0.15, 0.2) is 24.3 Å². The molecule has 1 aromatic rings. The van der Waals surface area contributed by atoms with E-state index in [1.807, 2.05) is 0 Å². The highest BCUT2D eigenvalue weighted by molar-refractivity contribution is 7.53. The summed E-state index contributed by atoms with van der Waals surface area (Å²) in [5.74, 6) is -0.669. The zero-order chi connectivity index (χ0) is 14.6. The van der Waals surface area contributed by atoms with Gasteiger partial charge in [-0.3, -0.25) is 9.36 Å². The summed E-state index contributed by atoms with van der Waals surface area (Å²) in [6, 6.07) is 6.33. The molecule has 0 aliphatic heterocycles. The summed E-state index contributed by atoms with van der Waals surface area (Å²) in [5.41, 5.74) is -0.875. The fourth-order valence-corrected chi connectivity index (χ4v) is 2.79. The van der Waals surface area contributed by atoms with E-state index in [-0.39, 0.29) is 12.3 Å². The highest BCUT2D eigenvalue weighted by Crippen LogP contribution is 2.44. The molecule has 106 valence electrons. The second-order valence-corrected chi connectivity index (χ2v) is 6.97. The lowest BCUT2D eigenvalue weighted by molar-refractivity contribution is -0.116. The molecule has 1 aromatic carbocycles. The van der Waals surface area contributed by atoms with Crippen molar-refractivity contribution >= 4 is 30.8 Å². The van der Waals surface area contributed by atoms with Crippen molar-refractivity contribution in [2.45, 2.75) is 25.9 Å². The number of carbonyl (C=O) groups excluding carboxylic acids is 1. The summed E-state index contributed by atoms with van der Waals surface area (Å²) in [4.78, 5) is 30.4. The SMILES string of the molecule is CC(C)CC(C(=O)Nc1ccc(Cl)cc1)P(=O)(O)O. The summed E-state index contributed by atoms with van der Waals surface area (Å²) < 4.78 is 11.4. The molecule has 0 aromatic heterocycles. The van der Waals surface area contributed by atoms with Crippen molar-refractivity contribution in [1.82, 2.24) is 0 Å². The summed E-state index contributed by atoms with van der Waals surface area (Å²) >= 11 is 5.71. The van der Waals surface area contributed by atoms with Gasteiger partial charge in [-0.15, -0.1) is 0 Å². The Morgan fingerprint density at radius 1 is 1.32 bits per heavy atom. The Balaban J connectivity index is 2.83. The second kappa shape index (κ2) is 6.53. The third kappa shape index (κ3) is 5.33. The van der Waals surface area contributed by atoms with Crippen molar-refractivity contribution in [3.05, 3.63) is 29.3 Å². The Bertz CT molecular complexity index is 483. The van der Waals surface area contributed by atoms with E-state index < -0.39 is 19.2 Å². The molecule has 19 heavy (non-hydrogen) atoms. The van der Waals surface area contributed by atoms with Gasteiger partial charge in [-0.25, -0.2) is 0 Å². The highest BCUT2D eigenvalue weighted by Gasteiger charge is 2.35. The molecule has 0 saturated carbocycles. The predicted octanol–water partition coefficient (Wildman–Crippen LogP) is 2.87. The van der Waals surface area contributed by atoms with Crippen LogP contribution in [0.5, 0.6) is 0 Å². The Morgan fingerprint density at radius 2 is 1.84 bits per heavy atom. The zero-order valence-electron chi connectivity index (χ0n) is 10.7. The van der Waals surface area contributed by atoms with E-state index >= 15 is 0 Å². The minimum Gasteiger partial charge on any atom is -0.325 e. The Kier molecular flexibility index (Phi) is 5.56. The molecule has 3 N–H and O–H groups in total. The predicted molar refractivity (Wildman–Crippen MR) is 75.4 cm³/mol. The molecule has 0 fully saturated rings. The van der Waals surface area contributed by atoms with Crippen LogP contribution in [-0.4, -0.2) is 21.4 Å². The van der Waals surface area contributed by atoms with Crippen LogP contribution < -0.4 is 5.32 Å².